The summed E-state index contributed by atoms with van der Waals surface area (Å²) >= 11 is 1.69. The van der Waals surface area contributed by atoms with Crippen LogP contribution in [0.5, 0.6) is 0 Å². The van der Waals surface area contributed by atoms with E-state index in [1.807, 2.05) is 0 Å². The molecule has 0 bridgehead atoms. The normalized spacial score (nSPS) is 12.8. The van der Waals surface area contributed by atoms with Crippen LogP contribution in [0, 0.1) is 13.8 Å². The van der Waals surface area contributed by atoms with Gasteiger partial charge in [-0.15, -0.1) is 0 Å². The van der Waals surface area contributed by atoms with Crippen LogP contribution in [0.15, 0.2) is 18.2 Å². The lowest BCUT2D eigenvalue weighted by Gasteiger charge is -2.13. The highest BCUT2D eigenvalue weighted by atomic mass is 32.2. The standard InChI is InChI=1S/C12H19NOS/c1-9-5-10(2)7-11(6-9)12(13)8-15-4-3-14/h5-7,12,14H,3-4,8,13H2,1-2H3. The highest BCUT2D eigenvalue weighted by Gasteiger charge is 2.06. The van der Waals surface area contributed by atoms with E-state index in [1.165, 1.54) is 16.7 Å². The fourth-order valence-electron chi connectivity index (χ4n) is 1.60. The first-order valence-corrected chi connectivity index (χ1v) is 6.31. The van der Waals surface area contributed by atoms with Crippen LogP contribution in [-0.4, -0.2) is 23.2 Å². The van der Waals surface area contributed by atoms with Gasteiger partial charge in [0.2, 0.25) is 0 Å². The lowest BCUT2D eigenvalue weighted by Crippen LogP contribution is -2.14. The number of rotatable bonds is 5. The van der Waals surface area contributed by atoms with E-state index < -0.39 is 0 Å². The molecule has 3 heteroatoms. The van der Waals surface area contributed by atoms with Crippen LogP contribution < -0.4 is 5.73 Å². The summed E-state index contributed by atoms with van der Waals surface area (Å²) < 4.78 is 0. The highest BCUT2D eigenvalue weighted by Crippen LogP contribution is 2.18. The van der Waals surface area contributed by atoms with Gasteiger partial charge >= 0.3 is 0 Å². The van der Waals surface area contributed by atoms with Gasteiger partial charge in [0.15, 0.2) is 0 Å². The third-order valence-electron chi connectivity index (χ3n) is 2.21. The molecule has 0 heterocycles. The van der Waals surface area contributed by atoms with Gasteiger partial charge in [0.1, 0.15) is 0 Å². The Bertz CT molecular complexity index is 294. The molecule has 0 radical (unpaired) electrons. The zero-order chi connectivity index (χ0) is 11.3. The fourth-order valence-corrected chi connectivity index (χ4v) is 2.34. The first-order chi connectivity index (χ1) is 7.13. The number of aryl methyl sites for hydroxylation is 2. The van der Waals surface area contributed by atoms with E-state index in [2.05, 4.69) is 32.0 Å². The number of nitrogens with two attached hydrogens (primary N) is 1. The fraction of sp³-hybridized carbons (Fsp3) is 0.500. The number of hydrogen-bond donors (Lipinski definition) is 2. The minimum atomic E-state index is 0.0696. The van der Waals surface area contributed by atoms with Crippen molar-refractivity contribution in [1.29, 1.82) is 0 Å². The SMILES string of the molecule is Cc1cc(C)cc(C(N)CSCCO)c1. The molecule has 1 atom stereocenters. The Morgan fingerprint density at radius 3 is 2.40 bits per heavy atom. The molecule has 1 rings (SSSR count). The summed E-state index contributed by atoms with van der Waals surface area (Å²) in [5, 5.41) is 8.68. The molecule has 1 aromatic carbocycles. The van der Waals surface area contributed by atoms with Crippen molar-refractivity contribution in [3.05, 3.63) is 34.9 Å². The van der Waals surface area contributed by atoms with Gasteiger partial charge in [-0.05, 0) is 19.4 Å². The largest absolute Gasteiger partial charge is 0.396 e. The van der Waals surface area contributed by atoms with Gasteiger partial charge in [0.25, 0.3) is 0 Å². The maximum absolute atomic E-state index is 8.68. The topological polar surface area (TPSA) is 46.2 Å². The second-order valence-corrected chi connectivity index (χ2v) is 4.98. The molecule has 1 aromatic rings. The van der Waals surface area contributed by atoms with Crippen molar-refractivity contribution >= 4 is 11.8 Å². The van der Waals surface area contributed by atoms with Crippen molar-refractivity contribution < 1.29 is 5.11 Å². The summed E-state index contributed by atoms with van der Waals surface area (Å²) in [6.45, 7) is 4.40. The Balaban J connectivity index is 2.60. The van der Waals surface area contributed by atoms with E-state index in [9.17, 15) is 0 Å². The van der Waals surface area contributed by atoms with Gasteiger partial charge in [0.05, 0.1) is 6.61 Å². The summed E-state index contributed by atoms with van der Waals surface area (Å²) in [5.41, 5.74) is 9.78. The predicted molar refractivity (Wildman–Crippen MR) is 67.3 cm³/mol. The molecule has 15 heavy (non-hydrogen) atoms. The van der Waals surface area contributed by atoms with E-state index in [0.29, 0.717) is 0 Å². The van der Waals surface area contributed by atoms with Crippen LogP contribution >= 0.6 is 11.8 Å². The predicted octanol–water partition coefficient (Wildman–Crippen LogP) is 2.03. The molecule has 0 aliphatic rings. The molecule has 0 saturated heterocycles. The van der Waals surface area contributed by atoms with Gasteiger partial charge in [0, 0.05) is 17.5 Å². The number of aliphatic hydroxyl groups is 1. The second-order valence-electron chi connectivity index (χ2n) is 3.83. The van der Waals surface area contributed by atoms with Gasteiger partial charge in [-0.2, -0.15) is 11.8 Å². The highest BCUT2D eigenvalue weighted by molar-refractivity contribution is 7.99. The van der Waals surface area contributed by atoms with Gasteiger partial charge in [-0.3, -0.25) is 0 Å². The molecule has 1 unspecified atom stereocenters. The van der Waals surface area contributed by atoms with Crippen molar-refractivity contribution in [2.75, 3.05) is 18.1 Å². The second kappa shape index (κ2) is 6.16. The van der Waals surface area contributed by atoms with Crippen LogP contribution in [0.4, 0.5) is 0 Å². The summed E-state index contributed by atoms with van der Waals surface area (Å²) in [6.07, 6.45) is 0. The maximum Gasteiger partial charge on any atom is 0.0521 e. The quantitative estimate of drug-likeness (QED) is 0.754. The summed E-state index contributed by atoms with van der Waals surface area (Å²) in [6, 6.07) is 6.49. The molecule has 0 spiro atoms. The molecule has 0 aliphatic carbocycles. The summed E-state index contributed by atoms with van der Waals surface area (Å²) in [7, 11) is 0. The lowest BCUT2D eigenvalue weighted by atomic mass is 10.0. The molecule has 0 amide bonds. The molecule has 0 saturated carbocycles. The van der Waals surface area contributed by atoms with E-state index in [1.54, 1.807) is 11.8 Å². The number of hydrogen-bond acceptors (Lipinski definition) is 3. The van der Waals surface area contributed by atoms with E-state index in [4.69, 9.17) is 10.8 Å². The van der Waals surface area contributed by atoms with Crippen molar-refractivity contribution in [2.45, 2.75) is 19.9 Å². The van der Waals surface area contributed by atoms with Gasteiger partial charge < -0.3 is 10.8 Å². The van der Waals surface area contributed by atoms with Crippen molar-refractivity contribution in [1.82, 2.24) is 0 Å². The van der Waals surface area contributed by atoms with E-state index >= 15 is 0 Å². The average Bonchev–Trinajstić information content (AvgIpc) is 2.16. The van der Waals surface area contributed by atoms with E-state index in [0.717, 1.165) is 11.5 Å². The van der Waals surface area contributed by atoms with Crippen LogP contribution in [0.1, 0.15) is 22.7 Å². The summed E-state index contributed by atoms with van der Waals surface area (Å²) in [5.74, 6) is 1.63. The average molecular weight is 225 g/mol. The molecular weight excluding hydrogens is 206 g/mol. The van der Waals surface area contributed by atoms with E-state index in [-0.39, 0.29) is 12.6 Å². The Kier molecular flexibility index (Phi) is 5.15. The first kappa shape index (κ1) is 12.6. The molecule has 0 fully saturated rings. The Labute approximate surface area is 95.9 Å². The molecule has 0 aromatic heterocycles. The Hall–Kier alpha value is -0.510. The van der Waals surface area contributed by atoms with Crippen molar-refractivity contribution in [3.63, 3.8) is 0 Å². The van der Waals surface area contributed by atoms with Crippen LogP contribution in [-0.2, 0) is 0 Å². The molecule has 2 nitrogen and oxygen atoms in total. The zero-order valence-electron chi connectivity index (χ0n) is 9.36. The number of thioether (sulfide) groups is 1. The molecule has 3 N–H and O–H groups in total. The number of benzene rings is 1. The molecule has 84 valence electrons. The third kappa shape index (κ3) is 4.24. The first-order valence-electron chi connectivity index (χ1n) is 5.16. The minimum Gasteiger partial charge on any atom is -0.396 e. The zero-order valence-corrected chi connectivity index (χ0v) is 10.2. The van der Waals surface area contributed by atoms with Crippen molar-refractivity contribution in [2.24, 2.45) is 5.73 Å². The number of aliphatic hydroxyl groups excluding tert-OH is 1. The van der Waals surface area contributed by atoms with Gasteiger partial charge in [-0.1, -0.05) is 29.3 Å². The van der Waals surface area contributed by atoms with Crippen LogP contribution in [0.3, 0.4) is 0 Å². The van der Waals surface area contributed by atoms with Gasteiger partial charge in [-0.25, -0.2) is 0 Å². The van der Waals surface area contributed by atoms with Crippen LogP contribution in [0.25, 0.3) is 0 Å². The Morgan fingerprint density at radius 1 is 1.27 bits per heavy atom. The molecule has 0 aliphatic heterocycles. The third-order valence-corrected chi connectivity index (χ3v) is 3.27. The molecular formula is C12H19NOS. The lowest BCUT2D eigenvalue weighted by molar-refractivity contribution is 0.322. The summed E-state index contributed by atoms with van der Waals surface area (Å²) in [4.78, 5) is 0. The minimum absolute atomic E-state index is 0.0696. The smallest absolute Gasteiger partial charge is 0.0521 e. The van der Waals surface area contributed by atoms with Crippen molar-refractivity contribution in [3.8, 4) is 0 Å². The van der Waals surface area contributed by atoms with Crippen LogP contribution in [0.2, 0.25) is 0 Å². The monoisotopic (exact) mass is 225 g/mol. The Morgan fingerprint density at radius 2 is 1.87 bits per heavy atom. The maximum atomic E-state index is 8.68.